The molecule has 1 aliphatic heterocycles. The maximum absolute atomic E-state index is 13.5. The lowest BCUT2D eigenvalue weighted by Gasteiger charge is -2.28. The van der Waals surface area contributed by atoms with Crippen LogP contribution in [0.3, 0.4) is 0 Å². The SMILES string of the molecule is COc1cccc(C(=O)N2CCCCCCN(CCC(C)C)Cc3ccccc32)c1. The molecule has 0 radical (unpaired) electrons. The molecular formula is C26H36N2O2. The molecule has 0 aromatic heterocycles. The van der Waals surface area contributed by atoms with Gasteiger partial charge in [-0.3, -0.25) is 9.69 Å². The summed E-state index contributed by atoms with van der Waals surface area (Å²) < 4.78 is 5.34. The second kappa shape index (κ2) is 11.2. The number of fused-ring (bicyclic) bond motifs is 1. The molecule has 0 fully saturated rings. The van der Waals surface area contributed by atoms with E-state index in [9.17, 15) is 4.79 Å². The summed E-state index contributed by atoms with van der Waals surface area (Å²) in [5, 5.41) is 0. The Kier molecular flexibility index (Phi) is 8.32. The molecule has 3 rings (SSSR count). The van der Waals surface area contributed by atoms with E-state index in [1.165, 1.54) is 24.8 Å². The molecule has 1 aliphatic rings. The lowest BCUT2D eigenvalue weighted by atomic mass is 10.1. The normalized spacial score (nSPS) is 16.1. The number of carbonyl (C=O) groups is 1. The molecule has 1 amide bonds. The predicted octanol–water partition coefficient (Wildman–Crippen LogP) is 5.76. The summed E-state index contributed by atoms with van der Waals surface area (Å²) in [6.07, 6.45) is 5.83. The van der Waals surface area contributed by atoms with Gasteiger partial charge < -0.3 is 9.64 Å². The first-order valence-electron chi connectivity index (χ1n) is 11.3. The van der Waals surface area contributed by atoms with Crippen molar-refractivity contribution >= 4 is 11.6 Å². The summed E-state index contributed by atoms with van der Waals surface area (Å²) in [4.78, 5) is 18.1. The van der Waals surface area contributed by atoms with Crippen LogP contribution in [-0.2, 0) is 6.54 Å². The summed E-state index contributed by atoms with van der Waals surface area (Å²) in [5.41, 5.74) is 2.96. The number of hydrogen-bond acceptors (Lipinski definition) is 3. The Labute approximate surface area is 181 Å². The van der Waals surface area contributed by atoms with E-state index >= 15 is 0 Å². The Morgan fingerprint density at radius 2 is 1.77 bits per heavy atom. The lowest BCUT2D eigenvalue weighted by Crippen LogP contribution is -2.33. The van der Waals surface area contributed by atoms with Gasteiger partial charge in [-0.05, 0) is 68.1 Å². The summed E-state index contributed by atoms with van der Waals surface area (Å²) in [6, 6.07) is 15.9. The molecule has 0 aliphatic carbocycles. The highest BCUT2D eigenvalue weighted by Gasteiger charge is 2.22. The van der Waals surface area contributed by atoms with Gasteiger partial charge in [0.25, 0.3) is 5.91 Å². The molecular weight excluding hydrogens is 372 g/mol. The zero-order chi connectivity index (χ0) is 21.3. The first-order valence-corrected chi connectivity index (χ1v) is 11.3. The molecule has 30 heavy (non-hydrogen) atoms. The third-order valence-electron chi connectivity index (χ3n) is 5.87. The third-order valence-corrected chi connectivity index (χ3v) is 5.87. The van der Waals surface area contributed by atoms with Gasteiger partial charge in [0, 0.05) is 24.3 Å². The maximum Gasteiger partial charge on any atom is 0.258 e. The van der Waals surface area contributed by atoms with Gasteiger partial charge in [-0.25, -0.2) is 0 Å². The van der Waals surface area contributed by atoms with E-state index in [0.29, 0.717) is 17.2 Å². The minimum atomic E-state index is 0.0503. The second-order valence-electron chi connectivity index (χ2n) is 8.69. The van der Waals surface area contributed by atoms with Gasteiger partial charge in [-0.1, -0.05) is 51.0 Å². The van der Waals surface area contributed by atoms with Crippen molar-refractivity contribution in [2.75, 3.05) is 31.6 Å². The van der Waals surface area contributed by atoms with Crippen molar-refractivity contribution in [3.63, 3.8) is 0 Å². The van der Waals surface area contributed by atoms with Crippen molar-refractivity contribution in [1.82, 2.24) is 4.90 Å². The largest absolute Gasteiger partial charge is 0.497 e. The lowest BCUT2D eigenvalue weighted by molar-refractivity contribution is 0.0986. The fourth-order valence-electron chi connectivity index (χ4n) is 4.06. The number of carbonyl (C=O) groups excluding carboxylic acids is 1. The van der Waals surface area contributed by atoms with E-state index in [1.54, 1.807) is 7.11 Å². The van der Waals surface area contributed by atoms with Crippen molar-refractivity contribution in [2.45, 2.75) is 52.5 Å². The average Bonchev–Trinajstić information content (AvgIpc) is 2.80. The molecule has 4 nitrogen and oxygen atoms in total. The van der Waals surface area contributed by atoms with Crippen LogP contribution in [0.25, 0.3) is 0 Å². The summed E-state index contributed by atoms with van der Waals surface area (Å²) >= 11 is 0. The molecule has 2 aromatic rings. The number of methoxy groups -OCH3 is 1. The van der Waals surface area contributed by atoms with E-state index < -0.39 is 0 Å². The highest BCUT2D eigenvalue weighted by atomic mass is 16.5. The Morgan fingerprint density at radius 1 is 1.00 bits per heavy atom. The Morgan fingerprint density at radius 3 is 2.53 bits per heavy atom. The summed E-state index contributed by atoms with van der Waals surface area (Å²) in [5.74, 6) is 1.46. The molecule has 0 spiro atoms. The van der Waals surface area contributed by atoms with Crippen molar-refractivity contribution in [1.29, 1.82) is 0 Å². The number of anilines is 1. The molecule has 1 heterocycles. The fraction of sp³-hybridized carbons (Fsp3) is 0.500. The molecule has 2 aromatic carbocycles. The van der Waals surface area contributed by atoms with Crippen LogP contribution in [0.1, 0.15) is 61.9 Å². The van der Waals surface area contributed by atoms with Crippen LogP contribution in [0.15, 0.2) is 48.5 Å². The number of nitrogens with zero attached hydrogens (tertiary/aromatic N) is 2. The van der Waals surface area contributed by atoms with E-state index in [-0.39, 0.29) is 5.91 Å². The minimum Gasteiger partial charge on any atom is -0.497 e. The van der Waals surface area contributed by atoms with Crippen LogP contribution in [-0.4, -0.2) is 37.6 Å². The molecule has 162 valence electrons. The molecule has 0 unspecified atom stereocenters. The molecule has 0 N–H and O–H groups in total. The number of benzene rings is 2. The molecule has 0 saturated carbocycles. The van der Waals surface area contributed by atoms with Gasteiger partial charge in [0.05, 0.1) is 7.11 Å². The molecule has 0 saturated heterocycles. The summed E-state index contributed by atoms with van der Waals surface area (Å²) in [6.45, 7) is 8.45. The Bertz CT molecular complexity index is 818. The smallest absolute Gasteiger partial charge is 0.258 e. The number of hydrogen-bond donors (Lipinski definition) is 0. The first-order chi connectivity index (χ1) is 14.6. The molecule has 4 heteroatoms. The van der Waals surface area contributed by atoms with E-state index in [0.717, 1.165) is 44.7 Å². The first kappa shape index (κ1) is 22.4. The van der Waals surface area contributed by atoms with Crippen LogP contribution in [0.2, 0.25) is 0 Å². The fourth-order valence-corrected chi connectivity index (χ4v) is 4.06. The van der Waals surface area contributed by atoms with Gasteiger partial charge >= 0.3 is 0 Å². The minimum absolute atomic E-state index is 0.0503. The maximum atomic E-state index is 13.5. The van der Waals surface area contributed by atoms with Crippen LogP contribution in [0.4, 0.5) is 5.69 Å². The molecule has 0 bridgehead atoms. The predicted molar refractivity (Wildman–Crippen MR) is 124 cm³/mol. The Balaban J connectivity index is 1.91. The monoisotopic (exact) mass is 408 g/mol. The van der Waals surface area contributed by atoms with Crippen molar-refractivity contribution in [2.24, 2.45) is 5.92 Å². The number of para-hydroxylation sites is 1. The van der Waals surface area contributed by atoms with Crippen molar-refractivity contribution in [3.05, 3.63) is 59.7 Å². The number of ether oxygens (including phenoxy) is 1. The van der Waals surface area contributed by atoms with Crippen molar-refractivity contribution in [3.8, 4) is 5.75 Å². The number of rotatable bonds is 5. The van der Waals surface area contributed by atoms with E-state index in [4.69, 9.17) is 4.74 Å². The van der Waals surface area contributed by atoms with Crippen LogP contribution >= 0.6 is 0 Å². The highest BCUT2D eigenvalue weighted by Crippen LogP contribution is 2.27. The quantitative estimate of drug-likeness (QED) is 0.630. The second-order valence-corrected chi connectivity index (χ2v) is 8.69. The zero-order valence-electron chi connectivity index (χ0n) is 18.8. The van der Waals surface area contributed by atoms with Crippen molar-refractivity contribution < 1.29 is 9.53 Å². The molecule has 0 atom stereocenters. The summed E-state index contributed by atoms with van der Waals surface area (Å²) in [7, 11) is 1.64. The standard InChI is InChI=1S/C26H36N2O2/c1-21(2)15-18-27-16-8-4-5-9-17-28(25-14-7-6-11-23(25)20-27)26(29)22-12-10-13-24(19-22)30-3/h6-7,10-14,19,21H,4-5,8-9,15-18,20H2,1-3H3. The Hall–Kier alpha value is -2.33. The topological polar surface area (TPSA) is 32.8 Å². The number of amides is 1. The van der Waals surface area contributed by atoms with Gasteiger partial charge in [-0.2, -0.15) is 0 Å². The van der Waals surface area contributed by atoms with Gasteiger partial charge in [0.2, 0.25) is 0 Å². The average molecular weight is 409 g/mol. The zero-order valence-corrected chi connectivity index (χ0v) is 18.8. The van der Waals surface area contributed by atoms with Gasteiger partial charge in [0.1, 0.15) is 5.75 Å². The van der Waals surface area contributed by atoms with Gasteiger partial charge in [-0.15, -0.1) is 0 Å². The van der Waals surface area contributed by atoms with Crippen LogP contribution in [0, 0.1) is 5.92 Å². The third kappa shape index (κ3) is 6.09. The van der Waals surface area contributed by atoms with Gasteiger partial charge in [0.15, 0.2) is 0 Å². The van der Waals surface area contributed by atoms with E-state index in [2.05, 4.69) is 36.9 Å². The van der Waals surface area contributed by atoms with Crippen LogP contribution in [0.5, 0.6) is 5.75 Å². The van der Waals surface area contributed by atoms with Crippen LogP contribution < -0.4 is 9.64 Å². The van der Waals surface area contributed by atoms with E-state index in [1.807, 2.05) is 35.2 Å². The highest BCUT2D eigenvalue weighted by molar-refractivity contribution is 6.06.